The first-order valence-electron chi connectivity index (χ1n) is 8.12. The lowest BCUT2D eigenvalue weighted by Crippen LogP contribution is -2.48. The van der Waals surface area contributed by atoms with Crippen molar-refractivity contribution >= 4 is 6.03 Å². The number of nitrogens with one attached hydrogen (secondary N) is 1. The zero-order valence-electron chi connectivity index (χ0n) is 13.6. The second-order valence-corrected chi connectivity index (χ2v) is 6.34. The van der Waals surface area contributed by atoms with E-state index in [1.54, 1.807) is 11.0 Å². The van der Waals surface area contributed by atoms with Gasteiger partial charge in [0.05, 0.1) is 5.69 Å². The molecule has 0 bridgehead atoms. The maximum Gasteiger partial charge on any atom is 0.317 e. The monoisotopic (exact) mass is 313 g/mol. The van der Waals surface area contributed by atoms with Gasteiger partial charge in [-0.1, -0.05) is 19.1 Å². The Labute approximate surface area is 136 Å². The van der Waals surface area contributed by atoms with Gasteiger partial charge in [-0.2, -0.15) is 5.10 Å². The highest BCUT2D eigenvalue weighted by Crippen LogP contribution is 2.22. The highest BCUT2D eigenvalue weighted by molar-refractivity contribution is 5.74. The van der Waals surface area contributed by atoms with Gasteiger partial charge in [-0.15, -0.1) is 0 Å². The van der Waals surface area contributed by atoms with Gasteiger partial charge < -0.3 is 10.2 Å². The van der Waals surface area contributed by atoms with Gasteiger partial charge >= 0.3 is 6.03 Å². The minimum absolute atomic E-state index is 0.0237. The average molecular weight is 313 g/mol. The number of aromatic nitrogens is 3. The lowest BCUT2D eigenvalue weighted by Gasteiger charge is -2.36. The van der Waals surface area contributed by atoms with Crippen molar-refractivity contribution in [1.29, 1.82) is 0 Å². The van der Waals surface area contributed by atoms with Gasteiger partial charge in [-0.05, 0) is 43.4 Å². The molecule has 3 rings (SSSR count). The molecule has 2 heterocycles. The first kappa shape index (κ1) is 15.5. The van der Waals surface area contributed by atoms with Gasteiger partial charge in [-0.3, -0.25) is 0 Å². The third-order valence-electron chi connectivity index (χ3n) is 4.44. The Hall–Kier alpha value is -2.37. The molecule has 6 heteroatoms. The number of benzene rings is 1. The molecule has 0 spiro atoms. The topological polar surface area (TPSA) is 63.1 Å². The third-order valence-corrected chi connectivity index (χ3v) is 4.44. The summed E-state index contributed by atoms with van der Waals surface area (Å²) >= 11 is 0. The number of hydrogen-bond acceptors (Lipinski definition) is 3. The predicted octanol–water partition coefficient (Wildman–Crippen LogP) is 2.60. The summed E-state index contributed by atoms with van der Waals surface area (Å²) in [4.78, 5) is 18.3. The van der Waals surface area contributed by atoms with Crippen LogP contribution in [-0.2, 0) is 6.54 Å². The molecule has 0 saturated carbocycles. The van der Waals surface area contributed by atoms with Crippen molar-refractivity contribution in [3.63, 3.8) is 0 Å². The molecule has 1 aliphatic heterocycles. The van der Waals surface area contributed by atoms with Crippen LogP contribution in [-0.4, -0.2) is 38.3 Å². The van der Waals surface area contributed by atoms with Gasteiger partial charge in [0.1, 0.15) is 12.7 Å². The fourth-order valence-electron chi connectivity index (χ4n) is 3.14. The molecular formula is C17H23N5O. The second kappa shape index (κ2) is 6.81. The van der Waals surface area contributed by atoms with Crippen LogP contribution in [0.25, 0.3) is 5.69 Å². The maximum absolute atomic E-state index is 12.4. The van der Waals surface area contributed by atoms with E-state index in [2.05, 4.69) is 29.2 Å². The van der Waals surface area contributed by atoms with E-state index in [1.165, 1.54) is 6.33 Å². The molecule has 0 unspecified atom stereocenters. The molecule has 2 aromatic rings. The molecule has 1 fully saturated rings. The Morgan fingerprint density at radius 1 is 1.39 bits per heavy atom. The predicted molar refractivity (Wildman–Crippen MR) is 88.2 cm³/mol. The van der Waals surface area contributed by atoms with Crippen molar-refractivity contribution in [3.05, 3.63) is 42.5 Å². The number of urea groups is 1. The SMILES string of the molecule is C[C@@H]1CCN(C(=O)NCc2cccc(-n3cncn3)c2)[C@H](C)C1. The molecule has 23 heavy (non-hydrogen) atoms. The minimum Gasteiger partial charge on any atom is -0.334 e. The number of carbonyl (C=O) groups excluding carboxylic acids is 1. The number of nitrogens with zero attached hydrogens (tertiary/aromatic N) is 4. The van der Waals surface area contributed by atoms with E-state index in [0.29, 0.717) is 18.5 Å². The molecule has 2 amide bonds. The van der Waals surface area contributed by atoms with Crippen LogP contribution in [0.2, 0.25) is 0 Å². The van der Waals surface area contributed by atoms with Crippen LogP contribution >= 0.6 is 0 Å². The minimum atomic E-state index is 0.0237. The van der Waals surface area contributed by atoms with Crippen molar-refractivity contribution in [2.45, 2.75) is 39.3 Å². The lowest BCUT2D eigenvalue weighted by molar-refractivity contribution is 0.139. The molecule has 2 atom stereocenters. The van der Waals surface area contributed by atoms with Gasteiger partial charge in [0.25, 0.3) is 0 Å². The quantitative estimate of drug-likeness (QED) is 0.947. The second-order valence-electron chi connectivity index (χ2n) is 6.34. The van der Waals surface area contributed by atoms with Crippen LogP contribution < -0.4 is 5.32 Å². The first-order valence-corrected chi connectivity index (χ1v) is 8.12. The van der Waals surface area contributed by atoms with Gasteiger partial charge in [0.15, 0.2) is 0 Å². The third kappa shape index (κ3) is 3.70. The Kier molecular flexibility index (Phi) is 4.60. The van der Waals surface area contributed by atoms with Crippen LogP contribution in [0.15, 0.2) is 36.9 Å². The van der Waals surface area contributed by atoms with Crippen molar-refractivity contribution in [2.24, 2.45) is 5.92 Å². The zero-order valence-corrected chi connectivity index (χ0v) is 13.6. The summed E-state index contributed by atoms with van der Waals surface area (Å²) in [5.41, 5.74) is 1.98. The summed E-state index contributed by atoms with van der Waals surface area (Å²) in [7, 11) is 0. The number of hydrogen-bond donors (Lipinski definition) is 1. The van der Waals surface area contributed by atoms with Gasteiger partial charge in [0.2, 0.25) is 0 Å². The Morgan fingerprint density at radius 2 is 2.26 bits per heavy atom. The smallest absolute Gasteiger partial charge is 0.317 e. The van der Waals surface area contributed by atoms with E-state index in [1.807, 2.05) is 29.2 Å². The summed E-state index contributed by atoms with van der Waals surface area (Å²) in [5.74, 6) is 0.702. The molecule has 1 aromatic carbocycles. The maximum atomic E-state index is 12.4. The summed E-state index contributed by atoms with van der Waals surface area (Å²) in [6.07, 6.45) is 5.33. The molecule has 122 valence electrons. The molecule has 0 aliphatic carbocycles. The fourth-order valence-corrected chi connectivity index (χ4v) is 3.14. The number of piperidine rings is 1. The normalized spacial score (nSPS) is 21.2. The van der Waals surface area contributed by atoms with E-state index in [4.69, 9.17) is 0 Å². The van der Waals surface area contributed by atoms with E-state index < -0.39 is 0 Å². The lowest BCUT2D eigenvalue weighted by atomic mass is 9.94. The van der Waals surface area contributed by atoms with Crippen LogP contribution in [0, 0.1) is 5.92 Å². The summed E-state index contributed by atoms with van der Waals surface area (Å²) < 4.78 is 1.71. The van der Waals surface area contributed by atoms with Crippen LogP contribution in [0.1, 0.15) is 32.3 Å². The standard InChI is InChI=1S/C17H23N5O/c1-13-6-7-21(14(2)8-13)17(23)19-10-15-4-3-5-16(9-15)22-12-18-11-20-22/h3-5,9,11-14H,6-8,10H2,1-2H3,(H,19,23)/t13-,14-/m1/s1. The fraction of sp³-hybridized carbons (Fsp3) is 0.471. The highest BCUT2D eigenvalue weighted by Gasteiger charge is 2.26. The van der Waals surface area contributed by atoms with Crippen molar-refractivity contribution in [1.82, 2.24) is 25.0 Å². The van der Waals surface area contributed by atoms with Crippen molar-refractivity contribution in [3.8, 4) is 5.69 Å². The number of rotatable bonds is 3. The zero-order chi connectivity index (χ0) is 16.2. The van der Waals surface area contributed by atoms with E-state index in [0.717, 1.165) is 30.6 Å². The molecule has 0 radical (unpaired) electrons. The van der Waals surface area contributed by atoms with Crippen molar-refractivity contribution in [2.75, 3.05) is 6.54 Å². The van der Waals surface area contributed by atoms with Crippen LogP contribution in [0.3, 0.4) is 0 Å². The number of likely N-dealkylation sites (tertiary alicyclic amines) is 1. The van der Waals surface area contributed by atoms with E-state index in [-0.39, 0.29) is 6.03 Å². The van der Waals surface area contributed by atoms with E-state index >= 15 is 0 Å². The van der Waals surface area contributed by atoms with Crippen LogP contribution in [0.5, 0.6) is 0 Å². The molecule has 1 aliphatic rings. The summed E-state index contributed by atoms with van der Waals surface area (Å²) in [6.45, 7) is 5.73. The molecule has 1 saturated heterocycles. The highest BCUT2D eigenvalue weighted by atomic mass is 16.2. The Balaban J connectivity index is 1.60. The Bertz CT molecular complexity index is 655. The molecule has 6 nitrogen and oxygen atoms in total. The van der Waals surface area contributed by atoms with Gasteiger partial charge in [0, 0.05) is 19.1 Å². The van der Waals surface area contributed by atoms with Gasteiger partial charge in [-0.25, -0.2) is 14.5 Å². The average Bonchev–Trinajstić information content (AvgIpc) is 3.07. The molecule has 1 N–H and O–H groups in total. The van der Waals surface area contributed by atoms with Crippen LogP contribution in [0.4, 0.5) is 4.79 Å². The molecule has 1 aromatic heterocycles. The summed E-state index contributed by atoms with van der Waals surface area (Å²) in [6, 6.07) is 8.27. The van der Waals surface area contributed by atoms with E-state index in [9.17, 15) is 4.79 Å². The number of carbonyl (C=O) groups is 1. The number of amides is 2. The van der Waals surface area contributed by atoms with Crippen molar-refractivity contribution < 1.29 is 4.79 Å². The largest absolute Gasteiger partial charge is 0.334 e. The molecular weight excluding hydrogens is 290 g/mol. The Morgan fingerprint density at radius 3 is 3.00 bits per heavy atom. The summed E-state index contributed by atoms with van der Waals surface area (Å²) in [5, 5.41) is 7.15. The first-order chi connectivity index (χ1) is 11.1.